The van der Waals surface area contributed by atoms with Crippen LogP contribution in [0.1, 0.15) is 30.1 Å². The minimum Gasteiger partial charge on any atom is -0.387 e. The first-order valence-corrected chi connectivity index (χ1v) is 5.06. The van der Waals surface area contributed by atoms with E-state index in [1.807, 2.05) is 6.92 Å². The Bertz CT molecular complexity index is 364. The number of amidine groups is 1. The van der Waals surface area contributed by atoms with Crippen LogP contribution in [0, 0.1) is 12.3 Å². The number of nitrogens with two attached hydrogens (primary N) is 1. The van der Waals surface area contributed by atoms with Crippen LogP contribution in [0.3, 0.4) is 0 Å². The normalized spacial score (nSPS) is 15.2. The van der Waals surface area contributed by atoms with E-state index in [2.05, 4.69) is 9.55 Å². The lowest BCUT2D eigenvalue weighted by Crippen LogP contribution is -2.16. The van der Waals surface area contributed by atoms with Gasteiger partial charge in [0.05, 0.1) is 11.5 Å². The van der Waals surface area contributed by atoms with Crippen molar-refractivity contribution in [2.75, 3.05) is 0 Å². The lowest BCUT2D eigenvalue weighted by Gasteiger charge is -2.16. The molecule has 0 saturated carbocycles. The van der Waals surface area contributed by atoms with Crippen LogP contribution in [0.4, 0.5) is 0 Å². The molecule has 2 heterocycles. The molecule has 1 aromatic heterocycles. The monoisotopic (exact) mass is 192 g/mol. The molecular weight excluding hydrogens is 176 g/mol. The molecule has 0 aliphatic carbocycles. The molecule has 4 nitrogen and oxygen atoms in total. The summed E-state index contributed by atoms with van der Waals surface area (Å²) < 4.78 is 2.27. The van der Waals surface area contributed by atoms with Crippen LogP contribution in [-0.4, -0.2) is 15.4 Å². The average molecular weight is 192 g/mol. The number of nitrogens with zero attached hydrogens (tertiary/aromatic N) is 2. The number of hydrogen-bond acceptors (Lipinski definition) is 2. The van der Waals surface area contributed by atoms with Gasteiger partial charge in [-0.1, -0.05) is 0 Å². The largest absolute Gasteiger partial charge is 0.387 e. The SMILES string of the molecule is Cc1nc(CC(=N)N)c2n1CCCC2. The van der Waals surface area contributed by atoms with E-state index in [-0.39, 0.29) is 5.84 Å². The van der Waals surface area contributed by atoms with Gasteiger partial charge in [0.1, 0.15) is 5.82 Å². The fourth-order valence-electron chi connectivity index (χ4n) is 2.13. The van der Waals surface area contributed by atoms with E-state index >= 15 is 0 Å². The predicted octanol–water partition coefficient (Wildman–Crippen LogP) is 1.01. The molecule has 14 heavy (non-hydrogen) atoms. The van der Waals surface area contributed by atoms with Gasteiger partial charge >= 0.3 is 0 Å². The summed E-state index contributed by atoms with van der Waals surface area (Å²) in [5.74, 6) is 1.27. The summed E-state index contributed by atoms with van der Waals surface area (Å²) in [4.78, 5) is 4.47. The predicted molar refractivity (Wildman–Crippen MR) is 55.5 cm³/mol. The van der Waals surface area contributed by atoms with Gasteiger partial charge in [0, 0.05) is 18.7 Å². The average Bonchev–Trinajstić information content (AvgIpc) is 2.44. The number of imidazole rings is 1. The van der Waals surface area contributed by atoms with Crippen LogP contribution in [0.25, 0.3) is 0 Å². The first kappa shape index (κ1) is 9.24. The van der Waals surface area contributed by atoms with E-state index < -0.39 is 0 Å². The molecule has 4 heteroatoms. The summed E-state index contributed by atoms with van der Waals surface area (Å²) >= 11 is 0. The van der Waals surface area contributed by atoms with Crippen LogP contribution in [0.2, 0.25) is 0 Å². The van der Waals surface area contributed by atoms with Gasteiger partial charge in [0.25, 0.3) is 0 Å². The summed E-state index contributed by atoms with van der Waals surface area (Å²) in [5, 5.41) is 7.29. The molecule has 1 aromatic rings. The van der Waals surface area contributed by atoms with Crippen molar-refractivity contribution in [1.82, 2.24) is 9.55 Å². The Morgan fingerprint density at radius 3 is 3.07 bits per heavy atom. The fourth-order valence-corrected chi connectivity index (χ4v) is 2.13. The summed E-state index contributed by atoms with van der Waals surface area (Å²) in [6.45, 7) is 3.10. The van der Waals surface area contributed by atoms with Gasteiger partial charge in [-0.15, -0.1) is 0 Å². The van der Waals surface area contributed by atoms with Crippen LogP contribution >= 0.6 is 0 Å². The molecule has 1 aliphatic heterocycles. The van der Waals surface area contributed by atoms with E-state index in [0.717, 1.165) is 24.5 Å². The van der Waals surface area contributed by atoms with Crippen molar-refractivity contribution in [2.45, 2.75) is 39.2 Å². The second-order valence-electron chi connectivity index (χ2n) is 3.86. The van der Waals surface area contributed by atoms with E-state index in [1.54, 1.807) is 0 Å². The quantitative estimate of drug-likeness (QED) is 0.542. The summed E-state index contributed by atoms with van der Waals surface area (Å²) in [5.41, 5.74) is 7.71. The second kappa shape index (κ2) is 3.44. The molecule has 0 aromatic carbocycles. The zero-order chi connectivity index (χ0) is 10.1. The van der Waals surface area contributed by atoms with Crippen LogP contribution in [0.15, 0.2) is 0 Å². The first-order valence-electron chi connectivity index (χ1n) is 5.06. The summed E-state index contributed by atoms with van der Waals surface area (Å²) in [6, 6.07) is 0. The van der Waals surface area contributed by atoms with Crippen LogP contribution < -0.4 is 5.73 Å². The Kier molecular flexibility index (Phi) is 2.27. The van der Waals surface area contributed by atoms with Crippen molar-refractivity contribution in [3.8, 4) is 0 Å². The third-order valence-electron chi connectivity index (χ3n) is 2.75. The van der Waals surface area contributed by atoms with Gasteiger partial charge < -0.3 is 10.3 Å². The Morgan fingerprint density at radius 2 is 2.36 bits per heavy atom. The van der Waals surface area contributed by atoms with Crippen molar-refractivity contribution in [3.05, 3.63) is 17.2 Å². The standard InChI is InChI=1S/C10H16N4/c1-7-13-8(6-10(11)12)9-4-2-3-5-14(7)9/h2-6H2,1H3,(H3,11,12). The lowest BCUT2D eigenvalue weighted by molar-refractivity contribution is 0.520. The number of nitrogens with one attached hydrogen (secondary N) is 1. The fraction of sp³-hybridized carbons (Fsp3) is 0.600. The van der Waals surface area contributed by atoms with Crippen LogP contribution in [-0.2, 0) is 19.4 Å². The lowest BCUT2D eigenvalue weighted by atomic mass is 10.1. The topological polar surface area (TPSA) is 67.7 Å². The molecule has 0 radical (unpaired) electrons. The summed E-state index contributed by atoms with van der Waals surface area (Å²) in [6.07, 6.45) is 4.06. The highest BCUT2D eigenvalue weighted by atomic mass is 15.1. The molecule has 0 atom stereocenters. The number of aryl methyl sites for hydroxylation is 1. The third-order valence-corrected chi connectivity index (χ3v) is 2.75. The molecule has 0 unspecified atom stereocenters. The number of hydrogen-bond donors (Lipinski definition) is 2. The molecule has 0 fully saturated rings. The second-order valence-corrected chi connectivity index (χ2v) is 3.86. The molecule has 1 aliphatic rings. The van der Waals surface area contributed by atoms with Crippen molar-refractivity contribution < 1.29 is 0 Å². The third kappa shape index (κ3) is 1.52. The van der Waals surface area contributed by atoms with Gasteiger partial charge in [0.15, 0.2) is 0 Å². The Hall–Kier alpha value is -1.32. The molecule has 0 bridgehead atoms. The highest BCUT2D eigenvalue weighted by Crippen LogP contribution is 2.20. The highest BCUT2D eigenvalue weighted by molar-refractivity contribution is 5.79. The maximum Gasteiger partial charge on any atom is 0.106 e. The zero-order valence-electron chi connectivity index (χ0n) is 8.51. The Morgan fingerprint density at radius 1 is 1.57 bits per heavy atom. The highest BCUT2D eigenvalue weighted by Gasteiger charge is 2.17. The van der Waals surface area contributed by atoms with Crippen molar-refractivity contribution in [3.63, 3.8) is 0 Å². The molecule has 0 amide bonds. The zero-order valence-corrected chi connectivity index (χ0v) is 8.51. The maximum absolute atomic E-state index is 7.29. The molecule has 3 N–H and O–H groups in total. The smallest absolute Gasteiger partial charge is 0.106 e. The number of aromatic nitrogens is 2. The van der Waals surface area contributed by atoms with Crippen molar-refractivity contribution in [2.24, 2.45) is 5.73 Å². The van der Waals surface area contributed by atoms with Crippen LogP contribution in [0.5, 0.6) is 0 Å². The van der Waals surface area contributed by atoms with Gasteiger partial charge in [-0.2, -0.15) is 0 Å². The molecule has 0 spiro atoms. The minimum atomic E-state index is 0.205. The first-order chi connectivity index (χ1) is 6.68. The Labute approximate surface area is 83.6 Å². The molecule has 0 saturated heterocycles. The van der Waals surface area contributed by atoms with E-state index in [4.69, 9.17) is 11.1 Å². The van der Waals surface area contributed by atoms with Gasteiger partial charge in [0.2, 0.25) is 0 Å². The minimum absolute atomic E-state index is 0.205. The van der Waals surface area contributed by atoms with Crippen molar-refractivity contribution in [1.29, 1.82) is 5.41 Å². The van der Waals surface area contributed by atoms with Gasteiger partial charge in [-0.05, 0) is 26.2 Å². The summed E-state index contributed by atoms with van der Waals surface area (Å²) in [7, 11) is 0. The molecule has 2 rings (SSSR count). The van der Waals surface area contributed by atoms with E-state index in [9.17, 15) is 0 Å². The maximum atomic E-state index is 7.29. The van der Waals surface area contributed by atoms with Gasteiger partial charge in [-0.25, -0.2) is 4.98 Å². The van der Waals surface area contributed by atoms with Gasteiger partial charge in [-0.3, -0.25) is 5.41 Å². The van der Waals surface area contributed by atoms with E-state index in [1.165, 1.54) is 18.5 Å². The molecular formula is C10H16N4. The Balaban J connectivity index is 2.36. The number of rotatable bonds is 2. The van der Waals surface area contributed by atoms with Crippen molar-refractivity contribution >= 4 is 5.84 Å². The molecule has 76 valence electrons. The van der Waals surface area contributed by atoms with E-state index in [0.29, 0.717) is 6.42 Å². The number of fused-ring (bicyclic) bond motifs is 1.